The van der Waals surface area contributed by atoms with E-state index in [0.717, 1.165) is 11.3 Å². The number of hydrogen-bond acceptors (Lipinski definition) is 3. The number of hydrogen-bond donors (Lipinski definition) is 2. The van der Waals surface area contributed by atoms with E-state index >= 15 is 0 Å². The largest absolute Gasteiger partial charge is 0.494 e. The van der Waals surface area contributed by atoms with Crippen LogP contribution in [-0.4, -0.2) is 18.4 Å². The number of hydrazine groups is 1. The molecule has 24 heavy (non-hydrogen) atoms. The third-order valence-corrected chi connectivity index (χ3v) is 3.72. The Kier molecular flexibility index (Phi) is 6.63. The molecule has 0 spiro atoms. The summed E-state index contributed by atoms with van der Waals surface area (Å²) in [6.07, 6.45) is 0.788. The van der Waals surface area contributed by atoms with E-state index in [-0.39, 0.29) is 18.2 Å². The number of nitrogens with one attached hydrogen (secondary N) is 2. The van der Waals surface area contributed by atoms with Gasteiger partial charge < -0.3 is 4.74 Å². The second kappa shape index (κ2) is 8.93. The highest BCUT2D eigenvalue weighted by atomic mass is 35.5. The lowest BCUT2D eigenvalue weighted by molar-refractivity contribution is -0.122. The van der Waals surface area contributed by atoms with Gasteiger partial charge in [-0.15, -0.1) is 0 Å². The van der Waals surface area contributed by atoms with Crippen molar-refractivity contribution in [1.29, 1.82) is 0 Å². The summed E-state index contributed by atoms with van der Waals surface area (Å²) in [7, 11) is 0. The van der Waals surface area contributed by atoms with Crippen LogP contribution >= 0.6 is 11.6 Å². The first-order chi connectivity index (χ1) is 11.6. The number of carbonyl (C=O) groups is 2. The fourth-order valence-electron chi connectivity index (χ4n) is 1.98. The zero-order chi connectivity index (χ0) is 17.4. The molecule has 0 saturated heterocycles. The number of rotatable bonds is 6. The van der Waals surface area contributed by atoms with Crippen LogP contribution in [-0.2, 0) is 4.79 Å². The summed E-state index contributed by atoms with van der Waals surface area (Å²) in [4.78, 5) is 23.5. The fourth-order valence-corrected chi connectivity index (χ4v) is 2.10. The molecule has 0 aliphatic carbocycles. The maximum atomic E-state index is 11.8. The first-order valence-electron chi connectivity index (χ1n) is 7.59. The maximum Gasteiger partial charge on any atom is 0.269 e. The number of ether oxygens (including phenoxy) is 1. The molecule has 0 aliphatic heterocycles. The first kappa shape index (κ1) is 17.8. The van der Waals surface area contributed by atoms with Gasteiger partial charge in [-0.25, -0.2) is 0 Å². The van der Waals surface area contributed by atoms with Crippen molar-refractivity contribution in [3.8, 4) is 5.75 Å². The second-order valence-corrected chi connectivity index (χ2v) is 5.64. The van der Waals surface area contributed by atoms with E-state index in [1.165, 1.54) is 0 Å². The van der Waals surface area contributed by atoms with Crippen LogP contribution < -0.4 is 15.6 Å². The Morgan fingerprint density at radius 1 is 1.08 bits per heavy atom. The van der Waals surface area contributed by atoms with E-state index < -0.39 is 0 Å². The van der Waals surface area contributed by atoms with Crippen molar-refractivity contribution in [3.63, 3.8) is 0 Å². The summed E-state index contributed by atoms with van der Waals surface area (Å²) < 4.78 is 5.56. The second-order valence-electron chi connectivity index (χ2n) is 5.23. The van der Waals surface area contributed by atoms with Crippen LogP contribution in [0.2, 0.25) is 5.02 Å². The van der Waals surface area contributed by atoms with Crippen LogP contribution in [0.4, 0.5) is 0 Å². The summed E-state index contributed by atoms with van der Waals surface area (Å²) in [5.74, 6) is 0.0988. The number of halogens is 1. The maximum absolute atomic E-state index is 11.8. The molecule has 2 N–H and O–H groups in total. The van der Waals surface area contributed by atoms with E-state index in [1.807, 2.05) is 19.1 Å². The van der Waals surface area contributed by atoms with Crippen molar-refractivity contribution < 1.29 is 14.3 Å². The highest BCUT2D eigenvalue weighted by molar-refractivity contribution is 6.31. The van der Waals surface area contributed by atoms with Crippen molar-refractivity contribution >= 4 is 23.4 Å². The van der Waals surface area contributed by atoms with Gasteiger partial charge in [-0.2, -0.15) is 0 Å². The SMILES string of the molecule is Cc1cc(OCCCC(=O)NNC(=O)c2ccccc2)ccc1Cl. The molecule has 0 radical (unpaired) electrons. The van der Waals surface area contributed by atoms with Gasteiger partial charge in [0.2, 0.25) is 5.91 Å². The standard InChI is InChI=1S/C18H19ClN2O3/c1-13-12-15(9-10-16(13)19)24-11-5-8-17(22)20-21-18(23)14-6-3-2-4-7-14/h2-4,6-7,9-10,12H,5,8,11H2,1H3,(H,20,22)(H,21,23). The van der Waals surface area contributed by atoms with Gasteiger partial charge in [-0.1, -0.05) is 29.8 Å². The van der Waals surface area contributed by atoms with E-state index in [2.05, 4.69) is 10.9 Å². The summed E-state index contributed by atoms with van der Waals surface area (Å²) in [5, 5.41) is 0.691. The average Bonchev–Trinajstić information content (AvgIpc) is 2.60. The van der Waals surface area contributed by atoms with Crippen LogP contribution in [0.15, 0.2) is 48.5 Å². The van der Waals surface area contributed by atoms with Crippen molar-refractivity contribution in [1.82, 2.24) is 10.9 Å². The fraction of sp³-hybridized carbons (Fsp3) is 0.222. The number of aryl methyl sites for hydroxylation is 1. The Labute approximate surface area is 145 Å². The molecule has 0 saturated carbocycles. The Bertz CT molecular complexity index is 705. The van der Waals surface area contributed by atoms with Crippen LogP contribution in [0, 0.1) is 6.92 Å². The van der Waals surface area contributed by atoms with Crippen molar-refractivity contribution in [3.05, 3.63) is 64.7 Å². The lowest BCUT2D eigenvalue weighted by Crippen LogP contribution is -2.41. The normalized spacial score (nSPS) is 10.1. The number of benzene rings is 2. The molecule has 0 bridgehead atoms. The van der Waals surface area contributed by atoms with Gasteiger partial charge in [-0.05, 0) is 49.2 Å². The first-order valence-corrected chi connectivity index (χ1v) is 7.97. The van der Waals surface area contributed by atoms with Gasteiger partial charge in [0.25, 0.3) is 5.91 Å². The minimum Gasteiger partial charge on any atom is -0.494 e. The molecule has 2 aromatic rings. The highest BCUT2D eigenvalue weighted by Crippen LogP contribution is 2.21. The lowest BCUT2D eigenvalue weighted by atomic mass is 10.2. The molecular formula is C18H19ClN2O3. The summed E-state index contributed by atoms with van der Waals surface area (Å²) >= 11 is 5.95. The van der Waals surface area contributed by atoms with Gasteiger partial charge >= 0.3 is 0 Å². The Morgan fingerprint density at radius 2 is 1.83 bits per heavy atom. The quantitative estimate of drug-likeness (QED) is 0.623. The smallest absolute Gasteiger partial charge is 0.269 e. The minimum atomic E-state index is -0.350. The molecule has 2 aromatic carbocycles. The molecule has 2 amide bonds. The third-order valence-electron chi connectivity index (χ3n) is 3.30. The van der Waals surface area contributed by atoms with E-state index in [0.29, 0.717) is 23.6 Å². The molecule has 0 unspecified atom stereocenters. The van der Waals surface area contributed by atoms with Crippen molar-refractivity contribution in [2.75, 3.05) is 6.61 Å². The lowest BCUT2D eigenvalue weighted by Gasteiger charge is -2.09. The molecular weight excluding hydrogens is 328 g/mol. The monoisotopic (exact) mass is 346 g/mol. The highest BCUT2D eigenvalue weighted by Gasteiger charge is 2.06. The Balaban J connectivity index is 1.64. The summed E-state index contributed by atoms with van der Waals surface area (Å²) in [6, 6.07) is 14.1. The molecule has 0 aromatic heterocycles. The van der Waals surface area contributed by atoms with E-state index in [9.17, 15) is 9.59 Å². The van der Waals surface area contributed by atoms with Crippen LogP contribution in [0.25, 0.3) is 0 Å². The molecule has 0 atom stereocenters. The Hall–Kier alpha value is -2.53. The Morgan fingerprint density at radius 3 is 2.54 bits per heavy atom. The molecule has 126 valence electrons. The van der Waals surface area contributed by atoms with Gasteiger partial charge in [0, 0.05) is 17.0 Å². The predicted molar refractivity (Wildman–Crippen MR) is 93.0 cm³/mol. The molecule has 0 heterocycles. The van der Waals surface area contributed by atoms with Crippen LogP contribution in [0.1, 0.15) is 28.8 Å². The zero-order valence-electron chi connectivity index (χ0n) is 13.3. The molecule has 0 aliphatic rings. The van der Waals surface area contributed by atoms with Gasteiger partial charge in [0.05, 0.1) is 6.61 Å². The molecule has 5 nitrogen and oxygen atoms in total. The molecule has 6 heteroatoms. The van der Waals surface area contributed by atoms with Gasteiger partial charge in [0.1, 0.15) is 5.75 Å². The van der Waals surface area contributed by atoms with Crippen LogP contribution in [0.3, 0.4) is 0 Å². The summed E-state index contributed by atoms with van der Waals surface area (Å²) in [5.41, 5.74) is 6.19. The summed E-state index contributed by atoms with van der Waals surface area (Å²) in [6.45, 7) is 2.30. The topological polar surface area (TPSA) is 67.4 Å². The number of amides is 2. The minimum absolute atomic E-state index is 0.252. The van der Waals surface area contributed by atoms with E-state index in [4.69, 9.17) is 16.3 Å². The predicted octanol–water partition coefficient (Wildman–Crippen LogP) is 3.27. The van der Waals surface area contributed by atoms with Crippen molar-refractivity contribution in [2.45, 2.75) is 19.8 Å². The average molecular weight is 347 g/mol. The third kappa shape index (κ3) is 5.59. The van der Waals surface area contributed by atoms with Crippen LogP contribution in [0.5, 0.6) is 5.75 Å². The van der Waals surface area contributed by atoms with E-state index in [1.54, 1.807) is 36.4 Å². The van der Waals surface area contributed by atoms with Gasteiger partial charge in [-0.3, -0.25) is 20.4 Å². The zero-order valence-corrected chi connectivity index (χ0v) is 14.1. The number of carbonyl (C=O) groups excluding carboxylic acids is 2. The molecule has 0 fully saturated rings. The molecule has 2 rings (SSSR count). The van der Waals surface area contributed by atoms with Crippen molar-refractivity contribution in [2.24, 2.45) is 0 Å². The van der Waals surface area contributed by atoms with Gasteiger partial charge in [0.15, 0.2) is 0 Å².